The fourth-order valence-electron chi connectivity index (χ4n) is 8.10. The summed E-state index contributed by atoms with van der Waals surface area (Å²) in [6.45, 7) is 4.70. The third-order valence-corrected chi connectivity index (χ3v) is 11.5. The Morgan fingerprint density at radius 2 is 0.774 bits per heavy atom. The van der Waals surface area contributed by atoms with Gasteiger partial charge in [0.15, 0.2) is 0 Å². The molecule has 8 aromatic carbocycles. The first-order valence-electron chi connectivity index (χ1n) is 18.2. The van der Waals surface area contributed by atoms with Crippen LogP contribution in [0.5, 0.6) is 0 Å². The number of benzene rings is 8. The Bertz CT molecular complexity index is 2580. The van der Waals surface area contributed by atoms with Crippen LogP contribution in [0.3, 0.4) is 0 Å². The summed E-state index contributed by atoms with van der Waals surface area (Å²) in [5.41, 5.74) is 18.3. The molecule has 0 unspecified atom stereocenters. The molecule has 0 radical (unpaired) electrons. The molecule has 0 N–H and O–H groups in total. The van der Waals surface area contributed by atoms with E-state index >= 15 is 0 Å². The van der Waals surface area contributed by atoms with Crippen molar-refractivity contribution in [2.45, 2.75) is 19.3 Å². The van der Waals surface area contributed by atoms with E-state index in [0.29, 0.717) is 0 Å². The fraction of sp³-hybridized carbons (Fsp3) is 0.0588. The lowest BCUT2D eigenvalue weighted by atomic mass is 9.82. The van der Waals surface area contributed by atoms with Gasteiger partial charge in [-0.3, -0.25) is 0 Å². The molecule has 0 heterocycles. The van der Waals surface area contributed by atoms with E-state index in [1.807, 2.05) is 0 Å². The quantitative estimate of drug-likeness (QED) is 0.157. The van der Waals surface area contributed by atoms with E-state index in [1.165, 1.54) is 66.8 Å². The van der Waals surface area contributed by atoms with Gasteiger partial charge in [0.2, 0.25) is 0 Å². The summed E-state index contributed by atoms with van der Waals surface area (Å²) in [6, 6.07) is 70.4. The van der Waals surface area contributed by atoms with Gasteiger partial charge < -0.3 is 4.90 Å². The minimum absolute atomic E-state index is 0.0933. The van der Waals surface area contributed by atoms with Gasteiger partial charge in [0.25, 0.3) is 0 Å². The van der Waals surface area contributed by atoms with E-state index in [4.69, 9.17) is 0 Å². The molecule has 1 nitrogen and oxygen atoms in total. The first-order valence-corrected chi connectivity index (χ1v) is 19.0. The van der Waals surface area contributed by atoms with Crippen molar-refractivity contribution in [3.8, 4) is 55.6 Å². The van der Waals surface area contributed by atoms with Crippen molar-refractivity contribution in [1.29, 1.82) is 0 Å². The Kier molecular flexibility index (Phi) is 8.41. The van der Waals surface area contributed by atoms with E-state index in [0.717, 1.165) is 21.5 Å². The van der Waals surface area contributed by atoms with Gasteiger partial charge in [-0.2, -0.15) is 0 Å². The van der Waals surface area contributed by atoms with Crippen molar-refractivity contribution in [3.63, 3.8) is 0 Å². The molecule has 0 spiro atoms. The fourth-order valence-corrected chi connectivity index (χ4v) is 8.60. The van der Waals surface area contributed by atoms with E-state index < -0.39 is 0 Å². The Hall–Kier alpha value is -5.96. The van der Waals surface area contributed by atoms with E-state index in [1.54, 1.807) is 0 Å². The summed E-state index contributed by atoms with van der Waals surface area (Å²) in [6.07, 6.45) is 0. The second kappa shape index (κ2) is 13.5. The largest absolute Gasteiger partial charge is 0.310 e. The zero-order valence-electron chi connectivity index (χ0n) is 29.8. The van der Waals surface area contributed by atoms with Crippen molar-refractivity contribution in [1.82, 2.24) is 0 Å². The van der Waals surface area contributed by atoms with Crippen LogP contribution >= 0.6 is 15.9 Å². The van der Waals surface area contributed by atoms with Gasteiger partial charge >= 0.3 is 0 Å². The van der Waals surface area contributed by atoms with Crippen molar-refractivity contribution in [3.05, 3.63) is 210 Å². The van der Waals surface area contributed by atoms with Gasteiger partial charge in [0.1, 0.15) is 0 Å². The molecule has 1 aliphatic carbocycles. The summed E-state index contributed by atoms with van der Waals surface area (Å²) < 4.78 is 1.09. The minimum Gasteiger partial charge on any atom is -0.310 e. The van der Waals surface area contributed by atoms with Gasteiger partial charge in [0, 0.05) is 26.9 Å². The second-order valence-electron chi connectivity index (χ2n) is 14.3. The average molecular weight is 745 g/mol. The summed E-state index contributed by atoms with van der Waals surface area (Å²) in [5.74, 6) is 0. The van der Waals surface area contributed by atoms with Crippen molar-refractivity contribution in [2.24, 2.45) is 0 Å². The van der Waals surface area contributed by atoms with Gasteiger partial charge in [-0.15, -0.1) is 0 Å². The third kappa shape index (κ3) is 5.90. The Morgan fingerprint density at radius 3 is 1.42 bits per heavy atom. The monoisotopic (exact) mass is 743 g/mol. The molecule has 8 aromatic rings. The van der Waals surface area contributed by atoms with Crippen LogP contribution in [0, 0.1) is 0 Å². The van der Waals surface area contributed by atoms with Gasteiger partial charge in [-0.1, -0.05) is 181 Å². The van der Waals surface area contributed by atoms with Crippen LogP contribution in [-0.4, -0.2) is 0 Å². The molecule has 2 heteroatoms. The molecule has 0 saturated carbocycles. The topological polar surface area (TPSA) is 3.24 Å². The molecule has 9 rings (SSSR count). The van der Waals surface area contributed by atoms with Crippen LogP contribution in [0.25, 0.3) is 55.6 Å². The minimum atomic E-state index is -0.0933. The molecule has 0 saturated heterocycles. The van der Waals surface area contributed by atoms with Crippen molar-refractivity contribution >= 4 is 33.0 Å². The molecule has 0 aliphatic heterocycles. The smallest absolute Gasteiger partial charge is 0.0465 e. The van der Waals surface area contributed by atoms with Crippen LogP contribution < -0.4 is 4.90 Å². The maximum Gasteiger partial charge on any atom is 0.0465 e. The number of nitrogens with zero attached hydrogens (tertiary/aromatic N) is 1. The number of halogens is 1. The molecule has 0 fully saturated rings. The summed E-state index contributed by atoms with van der Waals surface area (Å²) >= 11 is 3.80. The van der Waals surface area contributed by atoms with Crippen LogP contribution in [0.4, 0.5) is 17.1 Å². The zero-order chi connectivity index (χ0) is 35.9. The number of hydrogen-bond acceptors (Lipinski definition) is 1. The predicted octanol–water partition coefficient (Wildman–Crippen LogP) is 14.9. The highest BCUT2D eigenvalue weighted by molar-refractivity contribution is 9.10. The summed E-state index contributed by atoms with van der Waals surface area (Å²) in [7, 11) is 0. The summed E-state index contributed by atoms with van der Waals surface area (Å²) in [4.78, 5) is 2.39. The van der Waals surface area contributed by atoms with Gasteiger partial charge in [-0.05, 0) is 109 Å². The molecule has 0 bridgehead atoms. The number of fused-ring (bicyclic) bond motifs is 3. The molecule has 0 atom stereocenters. The highest BCUT2D eigenvalue weighted by atomic mass is 79.9. The molecule has 53 heavy (non-hydrogen) atoms. The second-order valence-corrected chi connectivity index (χ2v) is 15.1. The van der Waals surface area contributed by atoms with Gasteiger partial charge in [-0.25, -0.2) is 0 Å². The lowest BCUT2D eigenvalue weighted by Gasteiger charge is -2.28. The molecule has 0 amide bonds. The van der Waals surface area contributed by atoms with Crippen LogP contribution in [0.1, 0.15) is 25.0 Å². The summed E-state index contributed by atoms with van der Waals surface area (Å²) in [5, 5.41) is 0. The maximum atomic E-state index is 3.80. The van der Waals surface area contributed by atoms with Crippen molar-refractivity contribution in [2.75, 3.05) is 4.90 Å². The Balaban J connectivity index is 1.14. The van der Waals surface area contributed by atoms with E-state index in [2.05, 4.69) is 229 Å². The number of rotatable bonds is 7. The third-order valence-electron chi connectivity index (χ3n) is 10.8. The normalized spacial score (nSPS) is 12.6. The molecule has 0 aromatic heterocycles. The first-order chi connectivity index (χ1) is 26.0. The molecule has 1 aliphatic rings. The van der Waals surface area contributed by atoms with Crippen LogP contribution in [-0.2, 0) is 5.41 Å². The maximum absolute atomic E-state index is 3.80. The molecular weight excluding hydrogens is 706 g/mol. The van der Waals surface area contributed by atoms with Crippen LogP contribution in [0.2, 0.25) is 0 Å². The van der Waals surface area contributed by atoms with E-state index in [9.17, 15) is 0 Å². The van der Waals surface area contributed by atoms with Crippen molar-refractivity contribution < 1.29 is 0 Å². The highest BCUT2D eigenvalue weighted by Gasteiger charge is 2.35. The van der Waals surface area contributed by atoms with Crippen LogP contribution in [0.15, 0.2) is 199 Å². The SMILES string of the molecule is CC1(C)c2ccccc2-c2ccc(N(c3ccc(-c4ccccc4)cc3)c3ccc(-c4ccccc4-c4ccccc4-c4ccccc4Br)cc3)cc21. The zero-order valence-corrected chi connectivity index (χ0v) is 31.4. The first kappa shape index (κ1) is 32.9. The van der Waals surface area contributed by atoms with Gasteiger partial charge in [0.05, 0.1) is 0 Å². The molecule has 254 valence electrons. The number of anilines is 3. The Labute approximate surface area is 321 Å². The lowest BCUT2D eigenvalue weighted by molar-refractivity contribution is 0.660. The predicted molar refractivity (Wildman–Crippen MR) is 228 cm³/mol. The number of hydrogen-bond donors (Lipinski definition) is 0. The van der Waals surface area contributed by atoms with E-state index in [-0.39, 0.29) is 5.41 Å². The average Bonchev–Trinajstić information content (AvgIpc) is 3.44. The highest BCUT2D eigenvalue weighted by Crippen LogP contribution is 2.51. The standard InChI is InChI=1S/C51H38BrN/c1-51(2)48-22-12-10-20-45(48)46-33-32-40(34-49(46)51)53(38-28-24-36(25-29-38)35-14-4-3-5-15-35)39-30-26-37(27-31-39)41-16-6-7-17-42(41)43-18-8-9-19-44(43)47-21-11-13-23-50(47)52/h3-34H,1-2H3. The lowest BCUT2D eigenvalue weighted by Crippen LogP contribution is -2.16. The molecular formula is C51H38BrN. The Morgan fingerprint density at radius 1 is 0.340 bits per heavy atom.